The molecule has 0 saturated heterocycles. The van der Waals surface area contributed by atoms with Gasteiger partial charge in [0.05, 0.1) is 36.8 Å². The number of esters is 1. The second kappa shape index (κ2) is 11.7. The van der Waals surface area contributed by atoms with Crippen molar-refractivity contribution in [2.45, 2.75) is 25.9 Å². The summed E-state index contributed by atoms with van der Waals surface area (Å²) in [5.74, 6) is 0.944. The number of methoxy groups -OCH3 is 2. The van der Waals surface area contributed by atoms with Gasteiger partial charge in [0.1, 0.15) is 22.8 Å². The Morgan fingerprint density at radius 2 is 1.67 bits per heavy atom. The molecule has 42 heavy (non-hydrogen) atoms. The molecule has 2 N–H and O–H groups in total. The first-order valence-electron chi connectivity index (χ1n) is 13.4. The summed E-state index contributed by atoms with van der Waals surface area (Å²) in [7, 11) is 4.97. The van der Waals surface area contributed by atoms with Crippen LogP contribution in [0.4, 0.5) is 17.1 Å². The van der Waals surface area contributed by atoms with Crippen molar-refractivity contribution in [3.63, 3.8) is 0 Å². The van der Waals surface area contributed by atoms with E-state index in [1.165, 1.54) is 0 Å². The second-order valence-electron chi connectivity index (χ2n) is 10.4. The van der Waals surface area contributed by atoms with Crippen LogP contribution in [0.5, 0.6) is 17.2 Å². The first-order valence-corrected chi connectivity index (χ1v) is 13.8. The first kappa shape index (κ1) is 28.8. The van der Waals surface area contributed by atoms with Crippen molar-refractivity contribution < 1.29 is 23.8 Å². The number of halogens is 1. The van der Waals surface area contributed by atoms with Crippen LogP contribution in [0.2, 0.25) is 5.02 Å². The zero-order chi connectivity index (χ0) is 30.0. The maximum absolute atomic E-state index is 13.3. The number of amides is 1. The molecule has 1 aliphatic rings. The van der Waals surface area contributed by atoms with E-state index in [4.69, 9.17) is 25.8 Å². The number of hydrogen-bond donors (Lipinski definition) is 2. The van der Waals surface area contributed by atoms with E-state index in [0.717, 1.165) is 33.8 Å². The number of para-hydroxylation sites is 2. The number of hydrogen-bond acceptors (Lipinski definition) is 7. The van der Waals surface area contributed by atoms with Gasteiger partial charge in [0.2, 0.25) is 0 Å². The molecule has 8 nitrogen and oxygen atoms in total. The lowest BCUT2D eigenvalue weighted by Gasteiger charge is -2.40. The standard InChI is InChI=1S/C33H32ClN3O5/c1-33(2)32(39)37(3)30-25(19-35-26-11-6-7-12-28(26)40-4)23(15-16-27(30)36-33)24-14-13-22(18-29(24)41-5)42-31(38)20-9-8-10-21(34)17-20/h6-18,35-36H,19H2,1-5H3. The van der Waals surface area contributed by atoms with Gasteiger partial charge in [-0.3, -0.25) is 4.79 Å². The van der Waals surface area contributed by atoms with Crippen LogP contribution in [0, 0.1) is 0 Å². The molecule has 1 heterocycles. The SMILES string of the molecule is COc1ccccc1NCc1c(-c2ccc(OC(=O)c3cccc(Cl)c3)cc2OC)ccc2c1N(C)C(=O)C(C)(C)N2. The van der Waals surface area contributed by atoms with Gasteiger partial charge in [0.15, 0.2) is 0 Å². The van der Waals surface area contributed by atoms with E-state index in [2.05, 4.69) is 10.6 Å². The molecular formula is C33H32ClN3O5. The Hall–Kier alpha value is -4.69. The number of benzene rings is 4. The van der Waals surface area contributed by atoms with Crippen LogP contribution in [0.25, 0.3) is 11.1 Å². The molecule has 0 aromatic heterocycles. The highest BCUT2D eigenvalue weighted by atomic mass is 35.5. The van der Waals surface area contributed by atoms with Crippen LogP contribution in [0.15, 0.2) is 78.9 Å². The number of anilines is 3. The summed E-state index contributed by atoms with van der Waals surface area (Å²) in [5, 5.41) is 7.32. The van der Waals surface area contributed by atoms with Crippen LogP contribution in [-0.4, -0.2) is 38.7 Å². The van der Waals surface area contributed by atoms with Gasteiger partial charge in [0.25, 0.3) is 5.91 Å². The average Bonchev–Trinajstić information content (AvgIpc) is 2.98. The van der Waals surface area contributed by atoms with E-state index in [9.17, 15) is 9.59 Å². The molecule has 0 atom stereocenters. The van der Waals surface area contributed by atoms with E-state index >= 15 is 0 Å². The zero-order valence-corrected chi connectivity index (χ0v) is 24.8. The number of carbonyl (C=O) groups excluding carboxylic acids is 2. The average molecular weight is 586 g/mol. The zero-order valence-electron chi connectivity index (χ0n) is 24.1. The van der Waals surface area contributed by atoms with Crippen molar-refractivity contribution in [1.29, 1.82) is 0 Å². The predicted molar refractivity (Wildman–Crippen MR) is 166 cm³/mol. The lowest BCUT2D eigenvalue weighted by molar-refractivity contribution is -0.121. The summed E-state index contributed by atoms with van der Waals surface area (Å²) in [5.41, 5.74) is 4.49. The number of nitrogens with zero attached hydrogens (tertiary/aromatic N) is 1. The molecule has 0 bridgehead atoms. The highest BCUT2D eigenvalue weighted by Gasteiger charge is 2.38. The maximum atomic E-state index is 13.3. The topological polar surface area (TPSA) is 89.1 Å². The van der Waals surface area contributed by atoms with Gasteiger partial charge in [-0.15, -0.1) is 0 Å². The van der Waals surface area contributed by atoms with E-state index in [1.807, 2.05) is 56.3 Å². The van der Waals surface area contributed by atoms with Crippen LogP contribution in [0.1, 0.15) is 29.8 Å². The van der Waals surface area contributed by atoms with Gasteiger partial charge in [-0.1, -0.05) is 35.9 Å². The molecule has 0 fully saturated rings. The number of carbonyl (C=O) groups is 2. The maximum Gasteiger partial charge on any atom is 0.343 e. The summed E-state index contributed by atoms with van der Waals surface area (Å²) < 4.78 is 16.9. The Morgan fingerprint density at radius 3 is 2.40 bits per heavy atom. The molecule has 1 aliphatic heterocycles. The van der Waals surface area contributed by atoms with Gasteiger partial charge in [-0.05, 0) is 67.9 Å². The van der Waals surface area contributed by atoms with Crippen LogP contribution in [0.3, 0.4) is 0 Å². The number of fused-ring (bicyclic) bond motifs is 1. The van der Waals surface area contributed by atoms with E-state index in [1.54, 1.807) is 62.6 Å². The third-order valence-electron chi connectivity index (χ3n) is 7.20. The molecule has 0 radical (unpaired) electrons. The molecule has 9 heteroatoms. The molecule has 5 rings (SSSR count). The van der Waals surface area contributed by atoms with Crippen LogP contribution < -0.4 is 29.7 Å². The van der Waals surface area contributed by atoms with Crippen molar-refractivity contribution >= 4 is 40.5 Å². The fourth-order valence-corrected chi connectivity index (χ4v) is 5.37. The highest BCUT2D eigenvalue weighted by Crippen LogP contribution is 2.45. The molecule has 4 aromatic carbocycles. The lowest BCUT2D eigenvalue weighted by Crippen LogP contribution is -2.52. The van der Waals surface area contributed by atoms with Gasteiger partial charge in [-0.2, -0.15) is 0 Å². The Balaban J connectivity index is 1.57. The lowest BCUT2D eigenvalue weighted by atomic mass is 9.91. The molecular weight excluding hydrogens is 554 g/mol. The van der Waals surface area contributed by atoms with E-state index in [-0.39, 0.29) is 5.91 Å². The number of likely N-dealkylation sites (N-methyl/N-ethyl adjacent to an activating group) is 1. The molecule has 0 aliphatic carbocycles. The van der Waals surface area contributed by atoms with Gasteiger partial charge >= 0.3 is 5.97 Å². The van der Waals surface area contributed by atoms with Crippen LogP contribution >= 0.6 is 11.6 Å². The Kier molecular flexibility index (Phi) is 8.00. The molecule has 0 saturated carbocycles. The second-order valence-corrected chi connectivity index (χ2v) is 10.9. The monoisotopic (exact) mass is 585 g/mol. The smallest absolute Gasteiger partial charge is 0.343 e. The fraction of sp³-hybridized carbons (Fsp3) is 0.212. The van der Waals surface area contributed by atoms with Gasteiger partial charge in [-0.25, -0.2) is 4.79 Å². The molecule has 4 aromatic rings. The van der Waals surface area contributed by atoms with Gasteiger partial charge < -0.3 is 29.7 Å². The largest absolute Gasteiger partial charge is 0.496 e. The first-order chi connectivity index (χ1) is 20.1. The van der Waals surface area contributed by atoms with Crippen molar-refractivity contribution in [3.8, 4) is 28.4 Å². The summed E-state index contributed by atoms with van der Waals surface area (Å²) in [6.07, 6.45) is 0. The van der Waals surface area contributed by atoms with Crippen LogP contribution in [-0.2, 0) is 11.3 Å². The van der Waals surface area contributed by atoms with Crippen molar-refractivity contribution in [2.24, 2.45) is 0 Å². The van der Waals surface area contributed by atoms with Crippen molar-refractivity contribution in [1.82, 2.24) is 0 Å². The minimum Gasteiger partial charge on any atom is -0.496 e. The van der Waals surface area contributed by atoms with E-state index in [0.29, 0.717) is 34.4 Å². The van der Waals surface area contributed by atoms with Crippen molar-refractivity contribution in [3.05, 3.63) is 95.0 Å². The molecule has 216 valence electrons. The summed E-state index contributed by atoms with van der Waals surface area (Å²) in [4.78, 5) is 27.8. The minimum absolute atomic E-state index is 0.0547. The summed E-state index contributed by atoms with van der Waals surface area (Å²) in [6, 6.07) is 23.4. The molecule has 0 unspecified atom stereocenters. The molecule has 0 spiro atoms. The summed E-state index contributed by atoms with van der Waals surface area (Å²) in [6.45, 7) is 4.11. The molecule has 1 amide bonds. The number of ether oxygens (including phenoxy) is 3. The third kappa shape index (κ3) is 5.58. The highest BCUT2D eigenvalue weighted by molar-refractivity contribution is 6.30. The normalized spacial score (nSPS) is 13.6. The minimum atomic E-state index is -0.761. The third-order valence-corrected chi connectivity index (χ3v) is 7.44. The summed E-state index contributed by atoms with van der Waals surface area (Å²) >= 11 is 6.04. The quantitative estimate of drug-likeness (QED) is 0.170. The Bertz CT molecular complexity index is 1670. The number of rotatable bonds is 8. The van der Waals surface area contributed by atoms with E-state index < -0.39 is 11.5 Å². The Labute approximate surface area is 250 Å². The van der Waals surface area contributed by atoms with Gasteiger partial charge in [0, 0.05) is 35.8 Å². The fourth-order valence-electron chi connectivity index (χ4n) is 5.18. The predicted octanol–water partition coefficient (Wildman–Crippen LogP) is 7.02. The number of nitrogens with one attached hydrogen (secondary N) is 2. The Morgan fingerprint density at radius 1 is 0.929 bits per heavy atom. The van der Waals surface area contributed by atoms with Crippen molar-refractivity contribution in [2.75, 3.05) is 36.8 Å².